The minimum atomic E-state index is -4.70. The molecule has 0 atom stereocenters. The molecule has 0 aliphatic heterocycles. The molecule has 0 amide bonds. The molecule has 0 aliphatic carbocycles. The number of anilines is 1. The van der Waals surface area contributed by atoms with Gasteiger partial charge in [-0.2, -0.15) is 13.2 Å². The lowest BCUT2D eigenvalue weighted by molar-refractivity contribution is -0.137. The Morgan fingerprint density at radius 1 is 1.04 bits per heavy atom. The van der Waals surface area contributed by atoms with Gasteiger partial charge in [0.05, 0.1) is 16.1 Å². The lowest BCUT2D eigenvalue weighted by Gasteiger charge is -2.12. The molecule has 1 N–H and O–H groups in total. The molecule has 0 bridgehead atoms. The van der Waals surface area contributed by atoms with Crippen molar-refractivity contribution in [1.82, 2.24) is 0 Å². The Morgan fingerprint density at radius 3 is 2.24 bits per heavy atom. The predicted molar refractivity (Wildman–Crippen MR) is 87.3 cm³/mol. The second kappa shape index (κ2) is 7.43. The number of alkyl halides is 3. The molecule has 0 saturated carbocycles. The Balaban J connectivity index is 2.26. The fourth-order valence-corrected chi connectivity index (χ4v) is 3.26. The molecule has 2 aromatic carbocycles. The van der Waals surface area contributed by atoms with Crippen LogP contribution < -0.4 is 4.72 Å². The molecule has 8 heteroatoms. The zero-order valence-corrected chi connectivity index (χ0v) is 14.2. The van der Waals surface area contributed by atoms with Crippen molar-refractivity contribution in [1.29, 1.82) is 0 Å². The lowest BCUT2D eigenvalue weighted by atomic mass is 10.1. The Kier molecular flexibility index (Phi) is 5.72. The average molecular weight is 375 g/mol. The summed E-state index contributed by atoms with van der Waals surface area (Å²) in [5, 5.41) is 0. The number of benzene rings is 2. The number of halogens is 4. The molecular formula is C17H17F4NO2S. The zero-order valence-electron chi connectivity index (χ0n) is 13.4. The average Bonchev–Trinajstić information content (AvgIpc) is 2.54. The number of hydrogen-bond acceptors (Lipinski definition) is 2. The highest BCUT2D eigenvalue weighted by atomic mass is 32.2. The van der Waals surface area contributed by atoms with Gasteiger partial charge in [-0.05, 0) is 48.7 Å². The molecule has 25 heavy (non-hydrogen) atoms. The summed E-state index contributed by atoms with van der Waals surface area (Å²) in [6.07, 6.45) is -1.95. The maximum atomic E-state index is 13.7. The Morgan fingerprint density at radius 2 is 1.68 bits per heavy atom. The van der Waals surface area contributed by atoms with Gasteiger partial charge in [-0.1, -0.05) is 25.5 Å². The number of aryl methyl sites for hydroxylation is 1. The monoisotopic (exact) mass is 375 g/mol. The smallest absolute Gasteiger partial charge is 0.277 e. The molecule has 0 unspecified atom stereocenters. The molecule has 0 radical (unpaired) electrons. The van der Waals surface area contributed by atoms with Gasteiger partial charge in [0.2, 0.25) is 0 Å². The number of sulfonamides is 1. The molecule has 2 aromatic rings. The van der Waals surface area contributed by atoms with Crippen LogP contribution in [0.4, 0.5) is 23.2 Å². The second-order valence-corrected chi connectivity index (χ2v) is 7.23. The standard InChI is InChI=1S/C17H17F4NO2S/c1-2-3-4-12-5-8-14(9-6-12)25(23,24)22-16-11-13(17(19,20)21)7-10-15(16)18/h5-11,22H,2-4H2,1H3. The van der Waals surface area contributed by atoms with Crippen molar-refractivity contribution < 1.29 is 26.0 Å². The molecule has 3 nitrogen and oxygen atoms in total. The SMILES string of the molecule is CCCCc1ccc(S(=O)(=O)Nc2cc(C(F)(F)F)ccc2F)cc1. The maximum absolute atomic E-state index is 13.7. The Bertz CT molecular complexity index is 831. The van der Waals surface area contributed by atoms with E-state index in [1.165, 1.54) is 12.1 Å². The molecule has 2 rings (SSSR count). The summed E-state index contributed by atoms with van der Waals surface area (Å²) >= 11 is 0. The third kappa shape index (κ3) is 4.94. The highest BCUT2D eigenvalue weighted by molar-refractivity contribution is 7.92. The first-order valence-electron chi connectivity index (χ1n) is 7.62. The Labute approximate surface area is 143 Å². The lowest BCUT2D eigenvalue weighted by Crippen LogP contribution is -2.15. The van der Waals surface area contributed by atoms with E-state index < -0.39 is 33.3 Å². The minimum absolute atomic E-state index is 0.149. The fourth-order valence-electron chi connectivity index (χ4n) is 2.20. The van der Waals surface area contributed by atoms with Crippen LogP contribution in [0.5, 0.6) is 0 Å². The van der Waals surface area contributed by atoms with Gasteiger partial charge in [0.1, 0.15) is 5.82 Å². The first-order chi connectivity index (χ1) is 11.6. The van der Waals surface area contributed by atoms with Crippen LogP contribution in [0, 0.1) is 5.82 Å². The topological polar surface area (TPSA) is 46.2 Å². The van der Waals surface area contributed by atoms with E-state index >= 15 is 0 Å². The van der Waals surface area contributed by atoms with Crippen LogP contribution in [0.3, 0.4) is 0 Å². The van der Waals surface area contributed by atoms with Crippen molar-refractivity contribution in [2.75, 3.05) is 4.72 Å². The first-order valence-corrected chi connectivity index (χ1v) is 9.10. The molecular weight excluding hydrogens is 358 g/mol. The van der Waals surface area contributed by atoms with Crippen molar-refractivity contribution >= 4 is 15.7 Å². The number of rotatable bonds is 6. The van der Waals surface area contributed by atoms with Crippen LogP contribution in [0.2, 0.25) is 0 Å². The summed E-state index contributed by atoms with van der Waals surface area (Å²) in [6.45, 7) is 2.03. The van der Waals surface area contributed by atoms with Gasteiger partial charge in [-0.15, -0.1) is 0 Å². The summed E-state index contributed by atoms with van der Waals surface area (Å²) < 4.78 is 78.3. The highest BCUT2D eigenvalue weighted by Gasteiger charge is 2.31. The van der Waals surface area contributed by atoms with Crippen LogP contribution >= 0.6 is 0 Å². The van der Waals surface area contributed by atoms with Gasteiger partial charge in [0.15, 0.2) is 0 Å². The van der Waals surface area contributed by atoms with Gasteiger partial charge in [0, 0.05) is 0 Å². The molecule has 0 saturated heterocycles. The zero-order chi connectivity index (χ0) is 18.7. The molecule has 0 aromatic heterocycles. The van der Waals surface area contributed by atoms with Crippen molar-refractivity contribution in [3.63, 3.8) is 0 Å². The van der Waals surface area contributed by atoms with Crippen LogP contribution in [-0.4, -0.2) is 8.42 Å². The summed E-state index contributed by atoms with van der Waals surface area (Å²) in [5.41, 5.74) is -0.933. The van der Waals surface area contributed by atoms with E-state index in [4.69, 9.17) is 0 Å². The van der Waals surface area contributed by atoms with Crippen molar-refractivity contribution in [2.45, 2.75) is 37.3 Å². The van der Waals surface area contributed by atoms with E-state index in [0.717, 1.165) is 24.8 Å². The van der Waals surface area contributed by atoms with E-state index in [0.29, 0.717) is 18.2 Å². The Hall–Kier alpha value is -2.09. The summed E-state index contributed by atoms with van der Waals surface area (Å²) in [6, 6.07) is 7.52. The van der Waals surface area contributed by atoms with Gasteiger partial charge in [-0.25, -0.2) is 12.8 Å². The molecule has 136 valence electrons. The normalized spacial score (nSPS) is 12.2. The van der Waals surface area contributed by atoms with Gasteiger partial charge >= 0.3 is 6.18 Å². The van der Waals surface area contributed by atoms with E-state index in [-0.39, 0.29) is 4.90 Å². The third-order valence-electron chi connectivity index (χ3n) is 3.59. The molecule has 0 aliphatic rings. The number of hydrogen-bond donors (Lipinski definition) is 1. The van der Waals surface area contributed by atoms with Crippen molar-refractivity contribution in [2.24, 2.45) is 0 Å². The van der Waals surface area contributed by atoms with Crippen LogP contribution in [-0.2, 0) is 22.6 Å². The van der Waals surface area contributed by atoms with E-state index in [9.17, 15) is 26.0 Å². The van der Waals surface area contributed by atoms with E-state index in [2.05, 4.69) is 0 Å². The number of nitrogens with one attached hydrogen (secondary N) is 1. The maximum Gasteiger partial charge on any atom is 0.416 e. The minimum Gasteiger partial charge on any atom is -0.277 e. The van der Waals surface area contributed by atoms with E-state index in [1.54, 1.807) is 12.1 Å². The summed E-state index contributed by atoms with van der Waals surface area (Å²) in [7, 11) is -4.19. The molecule has 0 fully saturated rings. The third-order valence-corrected chi connectivity index (χ3v) is 4.97. The summed E-state index contributed by atoms with van der Waals surface area (Å²) in [4.78, 5) is -0.149. The molecule has 0 spiro atoms. The van der Waals surface area contributed by atoms with Crippen LogP contribution in [0.1, 0.15) is 30.9 Å². The van der Waals surface area contributed by atoms with Gasteiger partial charge in [0.25, 0.3) is 10.0 Å². The van der Waals surface area contributed by atoms with Crippen molar-refractivity contribution in [3.8, 4) is 0 Å². The van der Waals surface area contributed by atoms with Gasteiger partial charge < -0.3 is 0 Å². The number of unbranched alkanes of at least 4 members (excludes halogenated alkanes) is 1. The van der Waals surface area contributed by atoms with Crippen LogP contribution in [0.15, 0.2) is 47.4 Å². The van der Waals surface area contributed by atoms with Crippen LogP contribution in [0.25, 0.3) is 0 Å². The molecule has 0 heterocycles. The highest BCUT2D eigenvalue weighted by Crippen LogP contribution is 2.32. The second-order valence-electron chi connectivity index (χ2n) is 5.55. The van der Waals surface area contributed by atoms with Gasteiger partial charge in [-0.3, -0.25) is 4.72 Å². The predicted octanol–water partition coefficient (Wildman–Crippen LogP) is 4.99. The van der Waals surface area contributed by atoms with Crippen molar-refractivity contribution in [3.05, 3.63) is 59.4 Å². The first kappa shape index (κ1) is 19.2. The quantitative estimate of drug-likeness (QED) is 0.723. The summed E-state index contributed by atoms with van der Waals surface area (Å²) in [5.74, 6) is -1.09. The fraction of sp³-hybridized carbons (Fsp3) is 0.294. The largest absolute Gasteiger partial charge is 0.416 e. The van der Waals surface area contributed by atoms with E-state index in [1.807, 2.05) is 11.6 Å².